The van der Waals surface area contributed by atoms with Crippen molar-refractivity contribution in [2.24, 2.45) is 0 Å². The van der Waals surface area contributed by atoms with Gasteiger partial charge < -0.3 is 10.1 Å². The van der Waals surface area contributed by atoms with Gasteiger partial charge in [-0.15, -0.1) is 0 Å². The van der Waals surface area contributed by atoms with Crippen LogP contribution in [0.4, 0.5) is 0 Å². The third-order valence-electron chi connectivity index (χ3n) is 2.21. The Hall–Kier alpha value is -0.820. The van der Waals surface area contributed by atoms with E-state index >= 15 is 0 Å². The first-order valence-electron chi connectivity index (χ1n) is 5.40. The summed E-state index contributed by atoms with van der Waals surface area (Å²) >= 11 is 5.99. The Kier molecular flexibility index (Phi) is 5.87. The molecular formula is C11H17ClN2O3S. The molecule has 2 N–H and O–H groups in total. The van der Waals surface area contributed by atoms with Gasteiger partial charge in [-0.25, -0.2) is 13.1 Å². The lowest BCUT2D eigenvalue weighted by molar-refractivity contribution is 0.415. The maximum atomic E-state index is 10.8. The molecule has 0 aliphatic heterocycles. The van der Waals surface area contributed by atoms with Crippen molar-refractivity contribution in [3.63, 3.8) is 0 Å². The molecule has 5 nitrogen and oxygen atoms in total. The highest BCUT2D eigenvalue weighted by molar-refractivity contribution is 7.88. The van der Waals surface area contributed by atoms with E-state index < -0.39 is 10.0 Å². The minimum absolute atomic E-state index is 0.364. The standard InChI is InChI=1S/C11H17ClN2O3S/c1-17-11-4-3-9(7-10(11)12)8-13-5-6-14-18(2,15)16/h3-4,7,13-14H,5-6,8H2,1-2H3. The molecule has 1 aromatic carbocycles. The Morgan fingerprint density at radius 1 is 1.33 bits per heavy atom. The van der Waals surface area contributed by atoms with E-state index in [9.17, 15) is 8.42 Å². The predicted molar refractivity (Wildman–Crippen MR) is 72.6 cm³/mol. The van der Waals surface area contributed by atoms with Crippen LogP contribution < -0.4 is 14.8 Å². The Balaban J connectivity index is 2.34. The molecule has 0 amide bonds. The summed E-state index contributed by atoms with van der Waals surface area (Å²) < 4.78 is 29.1. The van der Waals surface area contributed by atoms with Crippen molar-refractivity contribution in [2.75, 3.05) is 26.5 Å². The van der Waals surface area contributed by atoms with Crippen LogP contribution in [-0.4, -0.2) is 34.9 Å². The maximum Gasteiger partial charge on any atom is 0.208 e. The molecule has 0 spiro atoms. The maximum absolute atomic E-state index is 10.8. The molecule has 0 heterocycles. The minimum atomic E-state index is -3.11. The summed E-state index contributed by atoms with van der Waals surface area (Å²) in [6, 6.07) is 5.52. The van der Waals surface area contributed by atoms with E-state index in [-0.39, 0.29) is 0 Å². The van der Waals surface area contributed by atoms with Crippen LogP contribution in [-0.2, 0) is 16.6 Å². The van der Waals surface area contributed by atoms with Crippen molar-refractivity contribution in [3.05, 3.63) is 28.8 Å². The van der Waals surface area contributed by atoms with Crippen molar-refractivity contribution in [3.8, 4) is 5.75 Å². The molecule has 18 heavy (non-hydrogen) atoms. The van der Waals surface area contributed by atoms with Gasteiger partial charge in [0.1, 0.15) is 5.75 Å². The first kappa shape index (κ1) is 15.2. The highest BCUT2D eigenvalue weighted by Crippen LogP contribution is 2.24. The molecule has 1 rings (SSSR count). The number of sulfonamides is 1. The molecular weight excluding hydrogens is 276 g/mol. The predicted octanol–water partition coefficient (Wildman–Crippen LogP) is 0.987. The largest absolute Gasteiger partial charge is 0.495 e. The van der Waals surface area contributed by atoms with Gasteiger partial charge in [0.05, 0.1) is 18.4 Å². The zero-order valence-corrected chi connectivity index (χ0v) is 11.9. The summed E-state index contributed by atoms with van der Waals surface area (Å²) in [7, 11) is -1.55. The number of nitrogens with one attached hydrogen (secondary N) is 2. The van der Waals surface area contributed by atoms with Crippen molar-refractivity contribution in [2.45, 2.75) is 6.54 Å². The van der Waals surface area contributed by atoms with Crippen LogP contribution in [0.15, 0.2) is 18.2 Å². The number of methoxy groups -OCH3 is 1. The fourth-order valence-electron chi connectivity index (χ4n) is 1.38. The van der Waals surface area contributed by atoms with Gasteiger partial charge in [-0.2, -0.15) is 0 Å². The molecule has 0 aliphatic rings. The van der Waals surface area contributed by atoms with E-state index in [0.29, 0.717) is 30.4 Å². The van der Waals surface area contributed by atoms with E-state index in [4.69, 9.17) is 16.3 Å². The number of halogens is 1. The lowest BCUT2D eigenvalue weighted by Gasteiger charge is -2.08. The van der Waals surface area contributed by atoms with Crippen LogP contribution in [0.2, 0.25) is 5.02 Å². The van der Waals surface area contributed by atoms with Gasteiger partial charge in [0, 0.05) is 19.6 Å². The number of hydrogen-bond donors (Lipinski definition) is 2. The minimum Gasteiger partial charge on any atom is -0.495 e. The van der Waals surface area contributed by atoms with Crippen LogP contribution in [0, 0.1) is 0 Å². The molecule has 1 aromatic rings. The molecule has 0 radical (unpaired) electrons. The first-order valence-corrected chi connectivity index (χ1v) is 7.67. The number of benzene rings is 1. The third kappa shape index (κ3) is 5.68. The normalized spacial score (nSPS) is 11.5. The average molecular weight is 293 g/mol. The second-order valence-electron chi connectivity index (χ2n) is 3.81. The molecule has 0 bridgehead atoms. The topological polar surface area (TPSA) is 67.4 Å². The smallest absolute Gasteiger partial charge is 0.208 e. The molecule has 102 valence electrons. The quantitative estimate of drug-likeness (QED) is 0.736. The summed E-state index contributed by atoms with van der Waals surface area (Å²) in [5.41, 5.74) is 1.01. The Morgan fingerprint density at radius 2 is 2.06 bits per heavy atom. The fourth-order valence-corrected chi connectivity index (χ4v) is 2.13. The monoisotopic (exact) mass is 292 g/mol. The Morgan fingerprint density at radius 3 is 2.61 bits per heavy atom. The second-order valence-corrected chi connectivity index (χ2v) is 6.05. The van der Waals surface area contributed by atoms with Crippen LogP contribution >= 0.6 is 11.6 Å². The van der Waals surface area contributed by atoms with Crippen molar-refractivity contribution in [1.82, 2.24) is 10.0 Å². The number of rotatable bonds is 7. The molecule has 0 fully saturated rings. The summed E-state index contributed by atoms with van der Waals surface area (Å²) in [6.07, 6.45) is 1.14. The summed E-state index contributed by atoms with van der Waals surface area (Å²) in [5, 5.41) is 3.67. The molecule has 7 heteroatoms. The highest BCUT2D eigenvalue weighted by atomic mass is 35.5. The molecule has 0 aliphatic carbocycles. The molecule has 0 saturated heterocycles. The molecule has 0 saturated carbocycles. The summed E-state index contributed by atoms with van der Waals surface area (Å²) in [5.74, 6) is 0.638. The van der Waals surface area contributed by atoms with Crippen molar-refractivity contribution < 1.29 is 13.2 Å². The van der Waals surface area contributed by atoms with Gasteiger partial charge in [0.15, 0.2) is 0 Å². The van der Waals surface area contributed by atoms with Gasteiger partial charge in [-0.1, -0.05) is 17.7 Å². The van der Waals surface area contributed by atoms with Gasteiger partial charge in [0.25, 0.3) is 0 Å². The van der Waals surface area contributed by atoms with Gasteiger partial charge in [-0.05, 0) is 17.7 Å². The second kappa shape index (κ2) is 6.94. The summed E-state index contributed by atoms with van der Waals surface area (Å²) in [6.45, 7) is 1.54. The van der Waals surface area contributed by atoms with Gasteiger partial charge >= 0.3 is 0 Å². The zero-order chi connectivity index (χ0) is 13.6. The van der Waals surface area contributed by atoms with Crippen LogP contribution in [0.1, 0.15) is 5.56 Å². The lowest BCUT2D eigenvalue weighted by atomic mass is 10.2. The van der Waals surface area contributed by atoms with Crippen molar-refractivity contribution >= 4 is 21.6 Å². The van der Waals surface area contributed by atoms with Crippen LogP contribution in [0.25, 0.3) is 0 Å². The summed E-state index contributed by atoms with van der Waals surface area (Å²) in [4.78, 5) is 0. The van der Waals surface area contributed by atoms with E-state index in [0.717, 1.165) is 11.8 Å². The SMILES string of the molecule is COc1ccc(CNCCNS(C)(=O)=O)cc1Cl. The first-order chi connectivity index (χ1) is 8.42. The molecule has 0 aromatic heterocycles. The van der Waals surface area contributed by atoms with E-state index in [2.05, 4.69) is 10.0 Å². The van der Waals surface area contributed by atoms with Crippen LogP contribution in [0.5, 0.6) is 5.75 Å². The van der Waals surface area contributed by atoms with Gasteiger partial charge in [0.2, 0.25) is 10.0 Å². The number of hydrogen-bond acceptors (Lipinski definition) is 4. The van der Waals surface area contributed by atoms with Crippen molar-refractivity contribution in [1.29, 1.82) is 0 Å². The van der Waals surface area contributed by atoms with E-state index in [1.165, 1.54) is 0 Å². The average Bonchev–Trinajstić information content (AvgIpc) is 2.27. The van der Waals surface area contributed by atoms with E-state index in [1.807, 2.05) is 12.1 Å². The highest BCUT2D eigenvalue weighted by Gasteiger charge is 2.02. The van der Waals surface area contributed by atoms with Crippen LogP contribution in [0.3, 0.4) is 0 Å². The van der Waals surface area contributed by atoms with Gasteiger partial charge in [-0.3, -0.25) is 0 Å². The number of ether oxygens (including phenoxy) is 1. The Bertz CT molecular complexity index is 491. The van der Waals surface area contributed by atoms with E-state index in [1.54, 1.807) is 13.2 Å². The molecule has 0 atom stereocenters. The Labute approximate surface area is 113 Å². The fraction of sp³-hybridized carbons (Fsp3) is 0.455. The zero-order valence-electron chi connectivity index (χ0n) is 10.4. The third-order valence-corrected chi connectivity index (χ3v) is 3.24. The lowest BCUT2D eigenvalue weighted by Crippen LogP contribution is -2.30. The molecule has 0 unspecified atom stereocenters.